The zero-order valence-electron chi connectivity index (χ0n) is 42.1. The molecular formula is C53H60F2N10O8S. The molecule has 4 aromatic heterocycles. The predicted octanol–water partition coefficient (Wildman–Crippen LogP) is 9.28. The second-order valence-electron chi connectivity index (χ2n) is 20.6. The quantitative estimate of drug-likeness (QED) is 0.0907. The maximum atomic E-state index is 17.5. The fourth-order valence-corrected chi connectivity index (χ4v) is 12.7. The van der Waals surface area contributed by atoms with Crippen LogP contribution in [0.4, 0.5) is 18.4 Å². The highest BCUT2D eigenvalue weighted by Gasteiger charge is 2.43. The van der Waals surface area contributed by atoms with Crippen molar-refractivity contribution in [3.05, 3.63) is 82.1 Å². The van der Waals surface area contributed by atoms with Crippen molar-refractivity contribution in [3.8, 4) is 39.5 Å². The molecule has 1 aliphatic carbocycles. The third-order valence-corrected chi connectivity index (χ3v) is 16.4. The number of H-pyrrole nitrogens is 2. The first-order valence-electron chi connectivity index (χ1n) is 25.5. The molecule has 4 aliphatic heterocycles. The van der Waals surface area contributed by atoms with E-state index in [2.05, 4.69) is 25.6 Å². The van der Waals surface area contributed by atoms with Gasteiger partial charge in [0.2, 0.25) is 18.0 Å². The van der Waals surface area contributed by atoms with E-state index in [1.54, 1.807) is 51.2 Å². The van der Waals surface area contributed by atoms with E-state index in [9.17, 15) is 19.2 Å². The maximum absolute atomic E-state index is 17.5. The number of rotatable bonds is 12. The van der Waals surface area contributed by atoms with Crippen LogP contribution >= 0.6 is 11.3 Å². The average Bonchev–Trinajstić information content (AvgIpc) is 4.11. The number of aromatic amines is 2. The van der Waals surface area contributed by atoms with Gasteiger partial charge >= 0.3 is 12.2 Å². The highest BCUT2D eigenvalue weighted by Crippen LogP contribution is 2.51. The second kappa shape index (κ2) is 19.8. The maximum Gasteiger partial charge on any atom is 0.407 e. The molecule has 0 spiro atoms. The minimum absolute atomic E-state index is 0.0307. The number of nitrogens with zero attached hydrogens (tertiary/aromatic N) is 6. The third-order valence-electron chi connectivity index (χ3n) is 15.3. The smallest absolute Gasteiger partial charge is 0.407 e. The number of imidazole rings is 2. The van der Waals surface area contributed by atoms with Crippen molar-refractivity contribution in [3.63, 3.8) is 0 Å². The predicted molar refractivity (Wildman–Crippen MR) is 269 cm³/mol. The van der Waals surface area contributed by atoms with Gasteiger partial charge in [-0.3, -0.25) is 14.2 Å². The summed E-state index contributed by atoms with van der Waals surface area (Å²) in [6.07, 6.45) is 8.63. The second-order valence-corrected chi connectivity index (χ2v) is 21.7. The van der Waals surface area contributed by atoms with Gasteiger partial charge in [-0.1, -0.05) is 19.9 Å². The summed E-state index contributed by atoms with van der Waals surface area (Å²) in [4.78, 5) is 78.2. The number of benzene rings is 2. The van der Waals surface area contributed by atoms with Crippen LogP contribution in [0.3, 0.4) is 0 Å². The number of methoxy groups -OCH3 is 2. The van der Waals surface area contributed by atoms with Crippen molar-refractivity contribution < 1.29 is 46.9 Å². The van der Waals surface area contributed by atoms with Gasteiger partial charge in [-0.25, -0.2) is 33.3 Å². The van der Waals surface area contributed by atoms with Gasteiger partial charge in [-0.05, 0) is 101 Å². The number of amides is 4. The van der Waals surface area contributed by atoms with Gasteiger partial charge in [0.05, 0.1) is 89.0 Å². The van der Waals surface area contributed by atoms with E-state index in [-0.39, 0.29) is 58.3 Å². The summed E-state index contributed by atoms with van der Waals surface area (Å²) >= 11 is 1.50. The fourth-order valence-electron chi connectivity index (χ4n) is 11.6. The lowest BCUT2D eigenvalue weighted by Gasteiger charge is -2.38. The number of nitrogens with one attached hydrogen (secondary N) is 4. The monoisotopic (exact) mass is 1030 g/mol. The van der Waals surface area contributed by atoms with Gasteiger partial charge in [-0.15, -0.1) is 11.3 Å². The molecule has 3 saturated heterocycles. The Labute approximate surface area is 429 Å². The van der Waals surface area contributed by atoms with E-state index >= 15 is 8.78 Å². The highest BCUT2D eigenvalue weighted by atomic mass is 32.1. The van der Waals surface area contributed by atoms with E-state index in [1.807, 2.05) is 33.8 Å². The molecule has 21 heteroatoms. The molecule has 4 amide bonds. The first-order chi connectivity index (χ1) is 35.7. The van der Waals surface area contributed by atoms with Crippen molar-refractivity contribution in [2.75, 3.05) is 27.3 Å². The summed E-state index contributed by atoms with van der Waals surface area (Å²) in [5, 5.41) is 6.72. The van der Waals surface area contributed by atoms with Crippen LogP contribution in [0.5, 0.6) is 5.75 Å². The van der Waals surface area contributed by atoms with Crippen molar-refractivity contribution in [1.29, 1.82) is 0 Å². The topological polar surface area (TPSA) is 211 Å². The van der Waals surface area contributed by atoms with Crippen LogP contribution in [0, 0.1) is 23.5 Å². The third kappa shape index (κ3) is 9.04. The number of halogens is 2. The molecule has 8 heterocycles. The minimum atomic E-state index is -0.882. The number of aromatic nitrogens is 6. The van der Waals surface area contributed by atoms with Crippen LogP contribution in [0.25, 0.3) is 44.7 Å². The van der Waals surface area contributed by atoms with Crippen molar-refractivity contribution in [1.82, 2.24) is 49.9 Å². The summed E-state index contributed by atoms with van der Waals surface area (Å²) in [5.41, 5.74) is 2.62. The van der Waals surface area contributed by atoms with Crippen LogP contribution in [0.15, 0.2) is 48.9 Å². The fraction of sp³-hybridized carbons (Fsp3) is 0.491. The molecule has 18 nitrogen and oxygen atoms in total. The Morgan fingerprint density at radius 1 is 0.797 bits per heavy atom. The normalized spacial score (nSPS) is 23.3. The molecule has 5 aliphatic rings. The van der Waals surface area contributed by atoms with Crippen molar-refractivity contribution in [2.45, 2.75) is 128 Å². The summed E-state index contributed by atoms with van der Waals surface area (Å²) in [7, 11) is 2.53. The highest BCUT2D eigenvalue weighted by molar-refractivity contribution is 7.11. The van der Waals surface area contributed by atoms with Gasteiger partial charge in [0.15, 0.2) is 5.82 Å². The molecule has 0 radical (unpaired) electrons. The Morgan fingerprint density at radius 2 is 1.43 bits per heavy atom. The molecule has 11 rings (SSSR count). The molecule has 4 fully saturated rings. The van der Waals surface area contributed by atoms with Crippen LogP contribution in [0.1, 0.15) is 125 Å². The van der Waals surface area contributed by atoms with Gasteiger partial charge < -0.3 is 49.3 Å². The van der Waals surface area contributed by atoms with Gasteiger partial charge in [-0.2, -0.15) is 0 Å². The van der Waals surface area contributed by atoms with Crippen molar-refractivity contribution in [2.24, 2.45) is 11.8 Å². The molecule has 4 N–H and O–H groups in total. The van der Waals surface area contributed by atoms with Gasteiger partial charge in [0.1, 0.15) is 35.3 Å². The van der Waals surface area contributed by atoms with Crippen LogP contribution in [-0.4, -0.2) is 115 Å². The number of likely N-dealkylation sites (tertiary alicyclic amines) is 2. The summed E-state index contributed by atoms with van der Waals surface area (Å²) in [6.45, 7) is 8.59. The lowest BCUT2D eigenvalue weighted by Crippen LogP contribution is -2.54. The molecule has 3 unspecified atom stereocenters. The van der Waals surface area contributed by atoms with Gasteiger partial charge in [0.25, 0.3) is 0 Å². The molecular weight excluding hydrogens is 975 g/mol. The number of carbonyl (C=O) groups excluding carboxylic acids is 4. The standard InChI is InChI=1S/C53H60F2N10O8S/c1-25(2)43(61-52(68)70-5)49(66)63-15-7-9-37(63)47-57-23-35(60-47)30-20-33(54)41-39(21-30)73-51(40-24-58-48(74-40)28-11-12-28)65-36-14-13-29(19-32(36)42(55)45(41)65)34-22-56-46(59-34)38-10-8-16-64(38)50(67)44(62-53(69)71-6)31-17-26(3)72-27(4)18-31/h13-14,19-28,31,37-38,43-44,51H,7-12,15-18H2,1-6H3,(H,56,59)(H,57,60)(H,61,68)(H,62,69)/t26-,27+,31?,37-,38-,43-,44?,51?/m0/s1. The number of hydrogen-bond acceptors (Lipinski definition) is 12. The number of fused-ring (bicyclic) bond motifs is 5. The minimum Gasteiger partial charge on any atom is -0.464 e. The number of hydrogen-bond donors (Lipinski definition) is 4. The van der Waals surface area contributed by atoms with E-state index in [0.717, 1.165) is 35.6 Å². The zero-order valence-corrected chi connectivity index (χ0v) is 42.9. The average molecular weight is 1040 g/mol. The summed E-state index contributed by atoms with van der Waals surface area (Å²) in [6, 6.07) is 5.96. The molecule has 1 saturated carbocycles. The lowest BCUT2D eigenvalue weighted by molar-refractivity contribution is -0.138. The molecule has 0 bridgehead atoms. The molecule has 390 valence electrons. The molecule has 74 heavy (non-hydrogen) atoms. The first kappa shape index (κ1) is 49.3. The summed E-state index contributed by atoms with van der Waals surface area (Å²) < 4.78 is 58.7. The Morgan fingerprint density at radius 3 is 2.07 bits per heavy atom. The number of alkyl carbamates (subject to hydrolysis) is 2. The Bertz CT molecular complexity index is 3140. The number of ether oxygens (including phenoxy) is 4. The lowest BCUT2D eigenvalue weighted by atomic mass is 9.85. The van der Waals surface area contributed by atoms with E-state index in [0.29, 0.717) is 84.4 Å². The Hall–Kier alpha value is -6.87. The zero-order chi connectivity index (χ0) is 51.7. The van der Waals surface area contributed by atoms with Crippen LogP contribution in [-0.2, 0) is 23.8 Å². The Kier molecular flexibility index (Phi) is 13.2. The van der Waals surface area contributed by atoms with E-state index in [4.69, 9.17) is 28.9 Å². The molecule has 2 aromatic carbocycles. The van der Waals surface area contributed by atoms with Crippen LogP contribution < -0.4 is 15.4 Å². The SMILES string of the molecule is COC(=O)NC(C(=O)N1CCC[C@H]1c1ncc(-c2ccc3c(c2)c(F)c2n3C(c3cnc(C4CC4)s3)Oc3cc(-c4cnc([C@@H]5CCCN5C(=O)[C@@H](NC(=O)OC)C(C)C)[nH]4)cc(F)c3-2)[nH]1)C1C[C@@H](C)O[C@@H](C)C1. The molecule has 8 atom stereocenters. The van der Waals surface area contributed by atoms with Crippen LogP contribution in [0.2, 0.25) is 0 Å². The molecule has 6 aromatic rings. The van der Waals surface area contributed by atoms with E-state index < -0.39 is 54.2 Å². The van der Waals surface area contributed by atoms with Gasteiger partial charge in [0, 0.05) is 41.7 Å². The number of carbonyl (C=O) groups is 4. The first-order valence-corrected chi connectivity index (χ1v) is 26.4. The largest absolute Gasteiger partial charge is 0.464 e. The Balaban J connectivity index is 0.908. The number of thiazole rings is 1. The van der Waals surface area contributed by atoms with Crippen molar-refractivity contribution >= 4 is 46.2 Å². The summed E-state index contributed by atoms with van der Waals surface area (Å²) in [5.74, 6) is -0.580. The van der Waals surface area contributed by atoms with E-state index in [1.165, 1.54) is 31.6 Å².